The van der Waals surface area contributed by atoms with Crippen LogP contribution in [0, 0.1) is 23.7 Å². The molecule has 0 saturated heterocycles. The summed E-state index contributed by atoms with van der Waals surface area (Å²) in [6.45, 7) is 7.48. The van der Waals surface area contributed by atoms with Gasteiger partial charge < -0.3 is 10.7 Å². The van der Waals surface area contributed by atoms with E-state index in [-0.39, 0.29) is 0 Å². The highest BCUT2D eigenvalue weighted by Crippen LogP contribution is 2.55. The zero-order valence-electron chi connectivity index (χ0n) is 33.5. The molecule has 0 radical (unpaired) electrons. The number of amidine groups is 4. The van der Waals surface area contributed by atoms with Crippen LogP contribution in [-0.4, -0.2) is 57.6 Å². The molecular formula is C46H38AlN8O4P. The van der Waals surface area contributed by atoms with Crippen molar-refractivity contribution in [3.63, 3.8) is 0 Å². The van der Waals surface area contributed by atoms with Crippen molar-refractivity contribution in [1.29, 1.82) is 0 Å². The fraction of sp³-hybridized carbons (Fsp3) is 0.217. The highest BCUT2D eigenvalue weighted by Gasteiger charge is 2.49. The predicted octanol–water partition coefficient (Wildman–Crippen LogP) is 8.46. The van der Waals surface area contributed by atoms with Gasteiger partial charge >= 0.3 is 22.7 Å². The minimum Gasteiger partial charge on any atom is -0.373 e. The molecule has 294 valence electrons. The van der Waals surface area contributed by atoms with Crippen molar-refractivity contribution in [3.05, 3.63) is 130 Å². The van der Waals surface area contributed by atoms with E-state index in [4.69, 9.17) is 42.6 Å². The molecule has 0 aliphatic carbocycles. The van der Waals surface area contributed by atoms with Crippen LogP contribution in [0.15, 0.2) is 127 Å². The van der Waals surface area contributed by atoms with Crippen LogP contribution in [0.25, 0.3) is 21.5 Å². The summed E-state index contributed by atoms with van der Waals surface area (Å²) in [5.74, 6) is 15.1. The van der Waals surface area contributed by atoms with Crippen molar-refractivity contribution in [1.82, 2.24) is 7.10 Å². The molecule has 12 nitrogen and oxygen atoms in total. The number of hydrogen-bond donors (Lipinski definition) is 0. The molecule has 0 fully saturated rings. The standard InChI is InChI=1S/C32H16N8.C14H23O4P.Al/c1-2-10-18-17(9-1)25-33-26(18)38-28-21-13-5-6-14-22(21)30(35-28)40-32-24-16-8-7-15-23(24)31(36-32)39-29-20-12-4-3-11-19(20)27(34-29)37-25;1-5-9-11-13(7-3)17-19(15,16)18-14(8-4)12-10-6-2;/h1-16H;13-14H,7-8,11-12H2,1-4H3,(H,15,16);/q-2;;+3/p-1. The Kier molecular flexibility index (Phi) is 9.91. The molecule has 6 bridgehead atoms. The summed E-state index contributed by atoms with van der Waals surface area (Å²) in [5, 5.41) is 3.17. The highest BCUT2D eigenvalue weighted by atomic mass is 31.2. The fourth-order valence-corrected chi connectivity index (χ4v) is 13.1. The van der Waals surface area contributed by atoms with Crippen molar-refractivity contribution in [2.75, 3.05) is 0 Å². The second kappa shape index (κ2) is 15.6. The maximum Gasteiger partial charge on any atom is 0.818 e. The van der Waals surface area contributed by atoms with E-state index in [9.17, 15) is 0 Å². The fourth-order valence-electron chi connectivity index (χ4n) is 7.98. The molecule has 2 atom stereocenters. The van der Waals surface area contributed by atoms with Gasteiger partial charge in [-0.15, -0.1) is 23.7 Å². The Balaban J connectivity index is 1.37. The van der Waals surface area contributed by atoms with Gasteiger partial charge in [-0.3, -0.25) is 9.05 Å². The molecule has 6 aromatic rings. The van der Waals surface area contributed by atoms with Crippen LogP contribution in [0.4, 0.5) is 11.6 Å². The molecule has 4 aromatic carbocycles. The van der Waals surface area contributed by atoms with Crippen molar-refractivity contribution < 1.29 is 17.2 Å². The number of rotatable bonds is 10. The van der Waals surface area contributed by atoms with Crippen molar-refractivity contribution >= 4 is 79.3 Å². The largest absolute Gasteiger partial charge is 0.818 e. The molecule has 60 heavy (non-hydrogen) atoms. The van der Waals surface area contributed by atoms with Crippen LogP contribution < -0.4 is 11.0 Å². The average Bonchev–Trinajstić information content (AvgIpc) is 3.99. The van der Waals surface area contributed by atoms with Crippen molar-refractivity contribution in [2.24, 2.45) is 30.0 Å². The van der Waals surface area contributed by atoms with E-state index >= 15 is 4.57 Å². The Morgan fingerprint density at radius 1 is 0.550 bits per heavy atom. The maximum absolute atomic E-state index is 15.9. The van der Waals surface area contributed by atoms with E-state index < -0.39 is 35.0 Å². The van der Waals surface area contributed by atoms with Gasteiger partial charge in [0.1, 0.15) is 22.6 Å². The van der Waals surface area contributed by atoms with Gasteiger partial charge in [-0.1, -0.05) is 111 Å². The molecular weight excluding hydrogens is 787 g/mol. The lowest BCUT2D eigenvalue weighted by Gasteiger charge is -2.29. The van der Waals surface area contributed by atoms with E-state index in [1.165, 1.54) is 0 Å². The number of fused-ring (bicyclic) bond motifs is 14. The molecule has 4 aliphatic rings. The smallest absolute Gasteiger partial charge is 0.373 e. The minimum atomic E-state index is -4.52. The van der Waals surface area contributed by atoms with Gasteiger partial charge in [0.2, 0.25) is 0 Å². The molecule has 0 saturated carbocycles. The first-order chi connectivity index (χ1) is 29.4. The van der Waals surface area contributed by atoms with Gasteiger partial charge in [0, 0.05) is 56.6 Å². The lowest BCUT2D eigenvalue weighted by molar-refractivity contribution is 0.0771. The predicted molar refractivity (Wildman–Crippen MR) is 236 cm³/mol. The molecule has 10 rings (SSSR count). The number of aliphatic imine (C=N–C) groups is 4. The maximum atomic E-state index is 15.9. The number of hydrogen-bond acceptors (Lipinski definition) is 10. The third-order valence-corrected chi connectivity index (χ3v) is 15.7. The first-order valence-corrected chi connectivity index (χ1v) is 23.1. The molecule has 6 heterocycles. The van der Waals surface area contributed by atoms with E-state index in [0.717, 1.165) is 43.8 Å². The molecule has 14 heteroatoms. The third kappa shape index (κ3) is 6.43. The number of phosphoric acid groups is 1. The molecule has 4 aliphatic heterocycles. The zero-order chi connectivity index (χ0) is 41.0. The second-order valence-corrected chi connectivity index (χ2v) is 18.4. The lowest BCUT2D eigenvalue weighted by atomic mass is 10.1. The van der Waals surface area contributed by atoms with Crippen molar-refractivity contribution in [3.8, 4) is 23.7 Å². The molecule has 2 aromatic heterocycles. The summed E-state index contributed by atoms with van der Waals surface area (Å²) in [6, 6.07) is 31.8. The summed E-state index contributed by atoms with van der Waals surface area (Å²) < 4.78 is 40.4. The first kappa shape index (κ1) is 38.2. The lowest BCUT2D eigenvalue weighted by Crippen LogP contribution is -2.48. The van der Waals surface area contributed by atoms with Crippen LogP contribution in [0.5, 0.6) is 0 Å². The van der Waals surface area contributed by atoms with Gasteiger partial charge in [0.25, 0.3) is 0 Å². The Bertz CT molecular complexity index is 3030. The monoisotopic (exact) mass is 824 g/mol. The zero-order valence-corrected chi connectivity index (χ0v) is 35.5. The molecule has 0 spiro atoms. The average molecular weight is 825 g/mol. The number of nitrogens with zero attached hydrogens (tertiary/aromatic N) is 8. The second-order valence-electron chi connectivity index (χ2n) is 14.6. The van der Waals surface area contributed by atoms with Gasteiger partial charge in [0.05, 0.1) is 12.2 Å². The van der Waals surface area contributed by atoms with E-state index in [1.807, 2.05) is 118 Å². The molecule has 2 unspecified atom stereocenters. The first-order valence-electron chi connectivity index (χ1n) is 20.1. The Hall–Kier alpha value is -6.00. The highest BCUT2D eigenvalue weighted by molar-refractivity contribution is 7.50. The molecule has 0 N–H and O–H groups in total. The van der Waals surface area contributed by atoms with Gasteiger partial charge in [-0.2, -0.15) is 0 Å². The normalized spacial score (nSPS) is 16.2. The number of phosphoric ester groups is 1. The van der Waals surface area contributed by atoms with Crippen LogP contribution in [0.2, 0.25) is 0 Å². The van der Waals surface area contributed by atoms with E-state index in [1.54, 1.807) is 13.8 Å². The van der Waals surface area contributed by atoms with Crippen LogP contribution in [0.1, 0.15) is 75.6 Å². The topological polar surface area (TPSA) is 129 Å². The summed E-state index contributed by atoms with van der Waals surface area (Å²) in [7, 11) is -4.52. The van der Waals surface area contributed by atoms with Crippen LogP contribution in [-0.2, 0) is 17.2 Å². The van der Waals surface area contributed by atoms with E-state index in [2.05, 4.69) is 23.7 Å². The Morgan fingerprint density at radius 3 is 1.33 bits per heavy atom. The summed E-state index contributed by atoms with van der Waals surface area (Å²) in [4.78, 5) is 31.7. The molecule has 0 amide bonds. The van der Waals surface area contributed by atoms with Crippen LogP contribution >= 0.6 is 7.82 Å². The van der Waals surface area contributed by atoms with E-state index in [0.29, 0.717) is 71.6 Å². The summed E-state index contributed by atoms with van der Waals surface area (Å²) in [5.41, 5.74) is 4.37. The van der Waals surface area contributed by atoms with Crippen molar-refractivity contribution in [2.45, 2.75) is 65.6 Å². The van der Waals surface area contributed by atoms with Crippen LogP contribution in [0.3, 0.4) is 0 Å². The van der Waals surface area contributed by atoms with Gasteiger partial charge in [0.15, 0.2) is 23.3 Å². The SMILES string of the molecule is CC#CCC(CC)OP(=O)(OC(CC)CC#CC)[O][Al]1[n]2c3c4ccccc4c2N=C2N=C(N=c4c5ccccc5c([n]41)=NC1=NC(=N3)c3ccccc31)c1ccccc12. The number of aromatic nitrogens is 2. The van der Waals surface area contributed by atoms with Gasteiger partial charge in [-0.05, 0) is 26.7 Å². The quantitative estimate of drug-likeness (QED) is 0.0780. The summed E-state index contributed by atoms with van der Waals surface area (Å²) in [6.07, 6.45) is 0.558. The summed E-state index contributed by atoms with van der Waals surface area (Å²) >= 11 is -3.62. The Morgan fingerprint density at radius 2 is 0.933 bits per heavy atom. The minimum absolute atomic E-state index is 0.331. The third-order valence-electron chi connectivity index (χ3n) is 11.0. The van der Waals surface area contributed by atoms with Gasteiger partial charge in [-0.25, -0.2) is 34.5 Å². The Labute approximate surface area is 351 Å². The number of benzene rings is 4.